The van der Waals surface area contributed by atoms with E-state index in [9.17, 15) is 13.2 Å². The molecule has 1 aliphatic heterocycles. The molecule has 7 nitrogen and oxygen atoms in total. The first-order valence-corrected chi connectivity index (χ1v) is 6.91. The Kier molecular flexibility index (Phi) is 3.18. The highest BCUT2D eigenvalue weighted by Gasteiger charge is 2.36. The summed E-state index contributed by atoms with van der Waals surface area (Å²) in [4.78, 5) is 13.5. The monoisotopic (exact) mass is 273 g/mol. The molecule has 0 bridgehead atoms. The van der Waals surface area contributed by atoms with Gasteiger partial charge in [-0.15, -0.1) is 0 Å². The minimum Gasteiger partial charge on any atom is -0.379 e. The number of hydrogen-bond donors (Lipinski definition) is 3. The molecule has 0 radical (unpaired) electrons. The molecule has 1 saturated heterocycles. The third-order valence-corrected chi connectivity index (χ3v) is 4.53. The van der Waals surface area contributed by atoms with E-state index in [2.05, 4.69) is 9.71 Å². The number of aromatic nitrogens is 1. The zero-order valence-electron chi connectivity index (χ0n) is 9.89. The van der Waals surface area contributed by atoms with Crippen molar-refractivity contribution in [1.82, 2.24) is 9.71 Å². The largest absolute Gasteiger partial charge is 0.379 e. The highest BCUT2D eigenvalue weighted by Crippen LogP contribution is 2.22. The highest BCUT2D eigenvalue weighted by molar-refractivity contribution is 7.89. The van der Waals surface area contributed by atoms with Crippen molar-refractivity contribution in [3.8, 4) is 0 Å². The lowest BCUT2D eigenvalue weighted by Crippen LogP contribution is -2.46. The number of amides is 1. The van der Waals surface area contributed by atoms with Crippen LogP contribution in [0.25, 0.3) is 0 Å². The van der Waals surface area contributed by atoms with Crippen molar-refractivity contribution in [1.29, 1.82) is 0 Å². The van der Waals surface area contributed by atoms with Crippen LogP contribution in [0.1, 0.15) is 23.8 Å². The third kappa shape index (κ3) is 2.40. The SMILES string of the molecule is CC1(NS(=O)(=O)c2cc[nH]c2C(N)=O)CCOC1. The Hall–Kier alpha value is -1.38. The molecule has 0 saturated carbocycles. The fourth-order valence-corrected chi connectivity index (χ4v) is 3.49. The molecule has 100 valence electrons. The topological polar surface area (TPSA) is 114 Å². The second-order valence-corrected chi connectivity index (χ2v) is 6.20. The van der Waals surface area contributed by atoms with Gasteiger partial charge < -0.3 is 15.5 Å². The molecule has 1 amide bonds. The summed E-state index contributed by atoms with van der Waals surface area (Å²) in [5.41, 5.74) is 4.34. The average Bonchev–Trinajstić information content (AvgIpc) is 2.85. The molecule has 2 rings (SSSR count). The number of rotatable bonds is 4. The summed E-state index contributed by atoms with van der Waals surface area (Å²) >= 11 is 0. The van der Waals surface area contributed by atoms with Gasteiger partial charge in [-0.05, 0) is 19.4 Å². The molecule has 0 aromatic carbocycles. The first-order chi connectivity index (χ1) is 8.34. The molecule has 8 heteroatoms. The van der Waals surface area contributed by atoms with E-state index in [0.717, 1.165) is 0 Å². The standard InChI is InChI=1S/C10H15N3O4S/c1-10(3-5-17-6-10)13-18(15,16)7-2-4-12-8(7)9(11)14/h2,4,12-13H,3,5-6H2,1H3,(H2,11,14). The maximum atomic E-state index is 12.2. The Labute approximate surface area is 105 Å². The molecule has 0 spiro atoms. The molecule has 1 aliphatic rings. The van der Waals surface area contributed by atoms with Crippen LogP contribution in [0, 0.1) is 0 Å². The van der Waals surface area contributed by atoms with Crippen molar-refractivity contribution < 1.29 is 17.9 Å². The predicted molar refractivity (Wildman–Crippen MR) is 63.5 cm³/mol. The summed E-state index contributed by atoms with van der Waals surface area (Å²) in [6, 6.07) is 1.31. The zero-order valence-corrected chi connectivity index (χ0v) is 10.7. The van der Waals surface area contributed by atoms with Gasteiger partial charge in [0, 0.05) is 12.8 Å². The van der Waals surface area contributed by atoms with Gasteiger partial charge in [0.1, 0.15) is 10.6 Å². The minimum atomic E-state index is -3.80. The molecule has 1 atom stereocenters. The van der Waals surface area contributed by atoms with Gasteiger partial charge in [-0.3, -0.25) is 4.79 Å². The van der Waals surface area contributed by atoms with E-state index >= 15 is 0 Å². The lowest BCUT2D eigenvalue weighted by molar-refractivity contribution is 0.0993. The smallest absolute Gasteiger partial charge is 0.266 e. The maximum Gasteiger partial charge on any atom is 0.266 e. The van der Waals surface area contributed by atoms with Crippen LogP contribution in [-0.4, -0.2) is 38.1 Å². The van der Waals surface area contributed by atoms with Crippen molar-refractivity contribution >= 4 is 15.9 Å². The maximum absolute atomic E-state index is 12.2. The van der Waals surface area contributed by atoms with Crippen molar-refractivity contribution in [2.45, 2.75) is 23.8 Å². The van der Waals surface area contributed by atoms with Crippen LogP contribution in [-0.2, 0) is 14.8 Å². The number of hydrogen-bond acceptors (Lipinski definition) is 4. The normalized spacial score (nSPS) is 24.3. The van der Waals surface area contributed by atoms with Crippen LogP contribution in [0.2, 0.25) is 0 Å². The van der Waals surface area contributed by atoms with Gasteiger partial charge in [0.25, 0.3) is 5.91 Å². The van der Waals surface area contributed by atoms with Crippen molar-refractivity contribution in [3.05, 3.63) is 18.0 Å². The number of H-pyrrole nitrogens is 1. The first-order valence-electron chi connectivity index (χ1n) is 5.43. The summed E-state index contributed by atoms with van der Waals surface area (Å²) in [5, 5.41) is 0. The molecule has 0 aliphatic carbocycles. The van der Waals surface area contributed by atoms with Crippen LogP contribution >= 0.6 is 0 Å². The van der Waals surface area contributed by atoms with Crippen LogP contribution < -0.4 is 10.5 Å². The lowest BCUT2D eigenvalue weighted by atomic mass is 10.0. The Morgan fingerprint density at radius 3 is 2.89 bits per heavy atom. The van der Waals surface area contributed by atoms with Gasteiger partial charge in [-0.1, -0.05) is 0 Å². The van der Waals surface area contributed by atoms with Gasteiger partial charge in [-0.25, -0.2) is 13.1 Å². The predicted octanol–water partition coefficient (Wildman–Crippen LogP) is -0.429. The van der Waals surface area contributed by atoms with Crippen molar-refractivity contribution in [2.75, 3.05) is 13.2 Å². The molecule has 18 heavy (non-hydrogen) atoms. The molecule has 1 aromatic heterocycles. The second kappa shape index (κ2) is 4.38. The molecule has 4 N–H and O–H groups in total. The highest BCUT2D eigenvalue weighted by atomic mass is 32.2. The van der Waals surface area contributed by atoms with Gasteiger partial charge in [-0.2, -0.15) is 0 Å². The van der Waals surface area contributed by atoms with Crippen LogP contribution in [0.15, 0.2) is 17.2 Å². The van der Waals surface area contributed by atoms with Gasteiger partial charge >= 0.3 is 0 Å². The molecule has 1 aromatic rings. The fourth-order valence-electron chi connectivity index (χ4n) is 1.90. The average molecular weight is 273 g/mol. The van der Waals surface area contributed by atoms with Crippen LogP contribution in [0.5, 0.6) is 0 Å². The summed E-state index contributed by atoms with van der Waals surface area (Å²) in [6.45, 7) is 2.57. The number of nitrogens with two attached hydrogens (primary N) is 1. The zero-order chi connectivity index (χ0) is 13.4. The second-order valence-electron chi connectivity index (χ2n) is 4.55. The number of sulfonamides is 1. The number of primary amides is 1. The van der Waals surface area contributed by atoms with Gasteiger partial charge in [0.15, 0.2) is 0 Å². The Morgan fingerprint density at radius 2 is 2.33 bits per heavy atom. The molecular weight excluding hydrogens is 258 g/mol. The van der Waals surface area contributed by atoms with E-state index in [1.807, 2.05) is 0 Å². The van der Waals surface area contributed by atoms with Gasteiger partial charge in [0.2, 0.25) is 10.0 Å². The molecule has 1 fully saturated rings. The Morgan fingerprint density at radius 1 is 1.61 bits per heavy atom. The Balaban J connectivity index is 2.31. The Bertz CT molecular complexity index is 557. The van der Waals surface area contributed by atoms with E-state index in [1.54, 1.807) is 6.92 Å². The van der Waals surface area contributed by atoms with E-state index in [-0.39, 0.29) is 10.6 Å². The van der Waals surface area contributed by atoms with Crippen molar-refractivity contribution in [3.63, 3.8) is 0 Å². The quantitative estimate of drug-likeness (QED) is 0.690. The molecule has 2 heterocycles. The van der Waals surface area contributed by atoms with Crippen molar-refractivity contribution in [2.24, 2.45) is 5.73 Å². The minimum absolute atomic E-state index is 0.120. The number of carbonyl (C=O) groups excluding carboxylic acids is 1. The summed E-state index contributed by atoms with van der Waals surface area (Å²) in [5.74, 6) is -0.812. The summed E-state index contributed by atoms with van der Waals surface area (Å²) < 4.78 is 32.1. The van der Waals surface area contributed by atoms with Crippen LogP contribution in [0.3, 0.4) is 0 Å². The fraction of sp³-hybridized carbons (Fsp3) is 0.500. The van der Waals surface area contributed by atoms with E-state index in [4.69, 9.17) is 10.5 Å². The van der Waals surface area contributed by atoms with E-state index in [1.165, 1.54) is 12.3 Å². The number of nitrogens with one attached hydrogen (secondary N) is 2. The first kappa shape index (κ1) is 13.1. The number of aromatic amines is 1. The molecular formula is C10H15N3O4S. The van der Waals surface area contributed by atoms with E-state index in [0.29, 0.717) is 19.6 Å². The van der Waals surface area contributed by atoms with Crippen LogP contribution in [0.4, 0.5) is 0 Å². The number of ether oxygens (including phenoxy) is 1. The van der Waals surface area contributed by atoms with E-state index < -0.39 is 21.5 Å². The summed E-state index contributed by atoms with van der Waals surface area (Å²) in [6.07, 6.45) is 1.95. The lowest BCUT2D eigenvalue weighted by Gasteiger charge is -2.23. The molecule has 1 unspecified atom stereocenters. The van der Waals surface area contributed by atoms with Gasteiger partial charge in [0.05, 0.1) is 12.1 Å². The summed E-state index contributed by atoms with van der Waals surface area (Å²) in [7, 11) is -3.80. The third-order valence-electron chi connectivity index (χ3n) is 2.84. The number of carbonyl (C=O) groups is 1.